The number of hydrogen-bond acceptors (Lipinski definition) is 3. The quantitative estimate of drug-likeness (QED) is 0.738. The summed E-state index contributed by atoms with van der Waals surface area (Å²) >= 11 is 0. The van der Waals surface area contributed by atoms with Crippen LogP contribution in [-0.2, 0) is 7.05 Å². The molecule has 0 amide bonds. The van der Waals surface area contributed by atoms with Crippen molar-refractivity contribution in [2.45, 2.75) is 26.3 Å². The minimum atomic E-state index is 0.221. The summed E-state index contributed by atoms with van der Waals surface area (Å²) in [5.41, 5.74) is 3.09. The van der Waals surface area contributed by atoms with Crippen molar-refractivity contribution in [1.82, 2.24) is 24.3 Å². The average molecular weight is 281 g/mol. The van der Waals surface area contributed by atoms with E-state index in [-0.39, 0.29) is 6.04 Å². The fourth-order valence-corrected chi connectivity index (χ4v) is 2.64. The maximum Gasteiger partial charge on any atom is 0.159 e. The molecule has 0 aliphatic carbocycles. The molecule has 0 saturated heterocycles. The van der Waals surface area contributed by atoms with Gasteiger partial charge in [0.2, 0.25) is 0 Å². The number of rotatable bonds is 4. The van der Waals surface area contributed by atoms with Crippen molar-refractivity contribution in [2.24, 2.45) is 7.05 Å². The van der Waals surface area contributed by atoms with Gasteiger partial charge in [0, 0.05) is 36.9 Å². The first-order valence-electron chi connectivity index (χ1n) is 7.14. The van der Waals surface area contributed by atoms with Crippen LogP contribution in [0, 0.1) is 6.92 Å². The second-order valence-corrected chi connectivity index (χ2v) is 5.19. The third-order valence-electron chi connectivity index (χ3n) is 3.62. The van der Waals surface area contributed by atoms with Gasteiger partial charge >= 0.3 is 0 Å². The first kappa shape index (κ1) is 13.5. The lowest BCUT2D eigenvalue weighted by atomic mass is 10.1. The summed E-state index contributed by atoms with van der Waals surface area (Å²) in [5, 5.41) is 4.28. The topological polar surface area (TPSA) is 48.5 Å². The Labute approximate surface area is 124 Å². The van der Waals surface area contributed by atoms with Crippen molar-refractivity contribution in [3.05, 3.63) is 54.2 Å². The maximum absolute atomic E-state index is 4.59. The molecule has 5 heteroatoms. The third kappa shape index (κ3) is 2.59. The smallest absolute Gasteiger partial charge is 0.159 e. The Kier molecular flexibility index (Phi) is 3.56. The Balaban J connectivity index is 2.05. The molecular formula is C16H19N5. The lowest BCUT2D eigenvalue weighted by molar-refractivity contribution is 0.570. The van der Waals surface area contributed by atoms with Crippen molar-refractivity contribution >= 4 is 0 Å². The highest BCUT2D eigenvalue weighted by Crippen LogP contribution is 2.26. The predicted molar refractivity (Wildman–Crippen MR) is 81.8 cm³/mol. The number of hydrogen-bond donors (Lipinski definition) is 0. The van der Waals surface area contributed by atoms with Gasteiger partial charge in [0.15, 0.2) is 5.82 Å². The van der Waals surface area contributed by atoms with Crippen molar-refractivity contribution in [3.63, 3.8) is 0 Å². The monoisotopic (exact) mass is 281 g/mol. The number of nitrogens with zero attached hydrogens (tertiary/aromatic N) is 5. The SMILES string of the molecule is CCC(c1cnn(C)c1)n1ccnc1-c1cccc(C)n1. The second kappa shape index (κ2) is 5.52. The fraction of sp³-hybridized carbons (Fsp3) is 0.312. The first-order valence-corrected chi connectivity index (χ1v) is 7.14. The summed E-state index contributed by atoms with van der Waals surface area (Å²) in [6, 6.07) is 6.23. The minimum Gasteiger partial charge on any atom is -0.322 e. The van der Waals surface area contributed by atoms with Gasteiger partial charge in [-0.25, -0.2) is 9.97 Å². The van der Waals surface area contributed by atoms with Crippen LogP contribution in [-0.4, -0.2) is 24.3 Å². The molecule has 108 valence electrons. The third-order valence-corrected chi connectivity index (χ3v) is 3.62. The van der Waals surface area contributed by atoms with Gasteiger partial charge in [-0.05, 0) is 25.5 Å². The van der Waals surface area contributed by atoms with Crippen molar-refractivity contribution in [3.8, 4) is 11.5 Å². The van der Waals surface area contributed by atoms with Gasteiger partial charge in [-0.3, -0.25) is 4.68 Å². The Hall–Kier alpha value is -2.43. The van der Waals surface area contributed by atoms with E-state index in [0.29, 0.717) is 0 Å². The van der Waals surface area contributed by atoms with Gasteiger partial charge in [-0.1, -0.05) is 13.0 Å². The van der Waals surface area contributed by atoms with E-state index in [0.717, 1.165) is 23.6 Å². The standard InChI is InChI=1S/C16H19N5/c1-4-15(13-10-18-20(3)11-13)21-9-8-17-16(21)14-7-5-6-12(2)19-14/h5-11,15H,4H2,1-3H3. The first-order chi connectivity index (χ1) is 10.2. The van der Waals surface area contributed by atoms with Crippen LogP contribution in [0.3, 0.4) is 0 Å². The van der Waals surface area contributed by atoms with E-state index in [9.17, 15) is 0 Å². The molecule has 1 atom stereocenters. The van der Waals surface area contributed by atoms with Gasteiger partial charge < -0.3 is 4.57 Å². The molecular weight excluding hydrogens is 262 g/mol. The van der Waals surface area contributed by atoms with Gasteiger partial charge in [0.1, 0.15) is 5.69 Å². The number of aromatic nitrogens is 5. The number of imidazole rings is 1. The maximum atomic E-state index is 4.59. The Morgan fingerprint density at radius 1 is 1.29 bits per heavy atom. The van der Waals surface area contributed by atoms with Gasteiger partial charge in [-0.15, -0.1) is 0 Å². The molecule has 0 bridgehead atoms. The van der Waals surface area contributed by atoms with Crippen LogP contribution in [0.4, 0.5) is 0 Å². The summed E-state index contributed by atoms with van der Waals surface area (Å²) in [5.74, 6) is 0.898. The Morgan fingerprint density at radius 3 is 2.81 bits per heavy atom. The normalized spacial score (nSPS) is 12.5. The Bertz CT molecular complexity index is 740. The second-order valence-electron chi connectivity index (χ2n) is 5.19. The van der Waals surface area contributed by atoms with E-state index >= 15 is 0 Å². The minimum absolute atomic E-state index is 0.221. The van der Waals surface area contributed by atoms with Gasteiger partial charge in [-0.2, -0.15) is 5.10 Å². The average Bonchev–Trinajstić information content (AvgIpc) is 3.10. The molecule has 0 fully saturated rings. The molecule has 0 aliphatic heterocycles. The molecule has 1 unspecified atom stereocenters. The molecule has 3 aromatic rings. The van der Waals surface area contributed by atoms with Crippen LogP contribution in [0.5, 0.6) is 0 Å². The van der Waals surface area contributed by atoms with Crippen LogP contribution in [0.2, 0.25) is 0 Å². The largest absolute Gasteiger partial charge is 0.322 e. The number of aryl methyl sites for hydroxylation is 2. The van der Waals surface area contributed by atoms with E-state index in [2.05, 4.69) is 32.8 Å². The van der Waals surface area contributed by atoms with Crippen molar-refractivity contribution in [2.75, 3.05) is 0 Å². The fourth-order valence-electron chi connectivity index (χ4n) is 2.64. The van der Waals surface area contributed by atoms with Crippen LogP contribution >= 0.6 is 0 Å². The predicted octanol–water partition coefficient (Wildman–Crippen LogP) is 2.99. The lowest BCUT2D eigenvalue weighted by Crippen LogP contribution is -2.10. The molecule has 0 saturated carbocycles. The van der Waals surface area contributed by atoms with Crippen LogP contribution in [0.1, 0.15) is 30.6 Å². The summed E-state index contributed by atoms with van der Waals surface area (Å²) in [4.78, 5) is 9.09. The van der Waals surface area contributed by atoms with Gasteiger partial charge in [0.25, 0.3) is 0 Å². The molecule has 21 heavy (non-hydrogen) atoms. The molecule has 0 aromatic carbocycles. The van der Waals surface area contributed by atoms with E-state index in [4.69, 9.17) is 0 Å². The molecule has 3 heterocycles. The van der Waals surface area contributed by atoms with E-state index in [1.54, 1.807) is 0 Å². The Morgan fingerprint density at radius 2 is 2.14 bits per heavy atom. The molecule has 0 N–H and O–H groups in total. The van der Waals surface area contributed by atoms with Crippen LogP contribution in [0.15, 0.2) is 43.0 Å². The summed E-state index contributed by atoms with van der Waals surface area (Å²) in [7, 11) is 1.94. The molecule has 5 nitrogen and oxygen atoms in total. The van der Waals surface area contributed by atoms with Crippen molar-refractivity contribution < 1.29 is 0 Å². The molecule has 3 rings (SSSR count). The highest BCUT2D eigenvalue weighted by atomic mass is 15.2. The molecule has 0 radical (unpaired) electrons. The summed E-state index contributed by atoms with van der Waals surface area (Å²) < 4.78 is 4.01. The highest BCUT2D eigenvalue weighted by Gasteiger charge is 2.18. The zero-order valence-electron chi connectivity index (χ0n) is 12.6. The van der Waals surface area contributed by atoms with E-state index in [1.165, 1.54) is 5.56 Å². The van der Waals surface area contributed by atoms with E-state index < -0.39 is 0 Å². The van der Waals surface area contributed by atoms with Gasteiger partial charge in [0.05, 0.1) is 12.2 Å². The van der Waals surface area contributed by atoms with Crippen LogP contribution in [0.25, 0.3) is 11.5 Å². The van der Waals surface area contributed by atoms with E-state index in [1.807, 2.05) is 55.4 Å². The molecule has 3 aromatic heterocycles. The zero-order valence-corrected chi connectivity index (χ0v) is 12.6. The molecule has 0 spiro atoms. The summed E-state index contributed by atoms with van der Waals surface area (Å²) in [6.45, 7) is 4.17. The lowest BCUT2D eigenvalue weighted by Gasteiger charge is -2.18. The summed E-state index contributed by atoms with van der Waals surface area (Å²) in [6.07, 6.45) is 8.79. The number of pyridine rings is 1. The molecule has 0 aliphatic rings. The van der Waals surface area contributed by atoms with Crippen molar-refractivity contribution in [1.29, 1.82) is 0 Å². The van der Waals surface area contributed by atoms with Crippen LogP contribution < -0.4 is 0 Å². The zero-order chi connectivity index (χ0) is 14.8. The highest BCUT2D eigenvalue weighted by molar-refractivity contribution is 5.50.